The van der Waals surface area contributed by atoms with Crippen LogP contribution in [0, 0.1) is 0 Å². The minimum absolute atomic E-state index is 0.0438. The molecule has 2 aliphatic rings. The number of hydrogen-bond donors (Lipinski definition) is 3. The number of rotatable bonds is 6. The maximum atomic E-state index is 13.0. The van der Waals surface area contributed by atoms with Gasteiger partial charge in [-0.05, 0) is 59.7 Å². The smallest absolute Gasteiger partial charge is 0.430 e. The Hall–Kier alpha value is -5.22. The average molecular weight is 718 g/mol. The maximum absolute atomic E-state index is 13.0. The van der Waals surface area contributed by atoms with Gasteiger partial charge < -0.3 is 30.0 Å². The zero-order valence-corrected chi connectivity index (χ0v) is 25.1. The first-order valence-electron chi connectivity index (χ1n) is 13.0. The molecule has 0 saturated carbocycles. The third-order valence-corrected chi connectivity index (χ3v) is 6.90. The molecule has 0 spiro atoms. The van der Waals surface area contributed by atoms with Gasteiger partial charge in [0.05, 0.1) is 27.5 Å². The lowest BCUT2D eigenvalue weighted by Crippen LogP contribution is -2.40. The van der Waals surface area contributed by atoms with E-state index in [-0.39, 0.29) is 32.7 Å². The number of carbonyl (C=O) groups excluding carboxylic acids is 1. The minimum Gasteiger partial charge on any atom is -0.478 e. The van der Waals surface area contributed by atoms with Crippen molar-refractivity contribution in [1.82, 2.24) is 9.55 Å². The summed E-state index contributed by atoms with van der Waals surface area (Å²) in [6.45, 7) is 0. The number of alkyl halides is 6. The third-order valence-electron chi connectivity index (χ3n) is 6.34. The summed E-state index contributed by atoms with van der Waals surface area (Å²) < 4.78 is 89.2. The van der Waals surface area contributed by atoms with Gasteiger partial charge in [0.15, 0.2) is 0 Å². The summed E-state index contributed by atoms with van der Waals surface area (Å²) in [5.41, 5.74) is 4.22. The Morgan fingerprint density at radius 2 is 1.27 bits per heavy atom. The van der Waals surface area contributed by atoms with Crippen LogP contribution in [0.15, 0.2) is 60.2 Å². The second-order valence-electron chi connectivity index (χ2n) is 9.79. The molecule has 0 radical (unpaired) electrons. The number of aliphatic carboxylic acids is 2. The van der Waals surface area contributed by atoms with Crippen LogP contribution in [0.2, 0.25) is 10.0 Å². The molecule has 2 atom stereocenters. The van der Waals surface area contributed by atoms with E-state index in [2.05, 4.69) is 4.98 Å². The summed E-state index contributed by atoms with van der Waals surface area (Å²) in [5.74, 6) is -4.67. The quantitative estimate of drug-likeness (QED) is 0.191. The maximum Gasteiger partial charge on any atom is 0.430 e. The molecule has 3 heterocycles. The largest absolute Gasteiger partial charge is 0.478 e. The highest BCUT2D eigenvalue weighted by molar-refractivity contribution is 6.33. The van der Waals surface area contributed by atoms with Crippen LogP contribution in [0.25, 0.3) is 30.5 Å². The van der Waals surface area contributed by atoms with E-state index in [1.807, 2.05) is 0 Å². The lowest BCUT2D eigenvalue weighted by Gasteiger charge is -2.27. The number of nitrogens with two attached hydrogens (primary N) is 1. The number of imidazole rings is 1. The van der Waals surface area contributed by atoms with Crippen molar-refractivity contribution >= 4 is 71.6 Å². The molecule has 0 saturated heterocycles. The molecule has 0 fully saturated rings. The van der Waals surface area contributed by atoms with Crippen LogP contribution in [0.5, 0.6) is 11.5 Å². The van der Waals surface area contributed by atoms with Crippen molar-refractivity contribution in [3.8, 4) is 11.5 Å². The second kappa shape index (κ2) is 13.9. The van der Waals surface area contributed by atoms with E-state index in [1.165, 1.54) is 30.3 Å². The highest BCUT2D eigenvalue weighted by Gasteiger charge is 2.50. The van der Waals surface area contributed by atoms with Crippen molar-refractivity contribution < 1.29 is 60.4 Å². The Morgan fingerprint density at radius 3 is 1.65 bits per heavy atom. The normalized spacial score (nSPS) is 17.2. The van der Waals surface area contributed by atoms with E-state index in [0.29, 0.717) is 11.1 Å². The Kier molecular flexibility index (Phi) is 10.3. The molecule has 5 rings (SSSR count). The molecule has 10 nitrogen and oxygen atoms in total. The molecule has 4 N–H and O–H groups in total. The van der Waals surface area contributed by atoms with Crippen molar-refractivity contribution in [1.29, 1.82) is 0 Å². The van der Waals surface area contributed by atoms with Gasteiger partial charge in [-0.3, -0.25) is 4.79 Å². The van der Waals surface area contributed by atoms with Gasteiger partial charge in [0, 0.05) is 35.8 Å². The van der Waals surface area contributed by atoms with Gasteiger partial charge in [-0.1, -0.05) is 23.2 Å². The number of ether oxygens (including phenoxy) is 2. The van der Waals surface area contributed by atoms with Crippen molar-refractivity contribution in [3.63, 3.8) is 0 Å². The second-order valence-corrected chi connectivity index (χ2v) is 10.6. The lowest BCUT2D eigenvalue weighted by atomic mass is 9.99. The van der Waals surface area contributed by atoms with E-state index >= 15 is 0 Å². The molecule has 1 amide bonds. The van der Waals surface area contributed by atoms with Crippen LogP contribution in [0.4, 0.5) is 26.3 Å². The number of fused-ring (bicyclic) bond motifs is 2. The summed E-state index contributed by atoms with van der Waals surface area (Å²) in [4.78, 5) is 36.8. The first-order chi connectivity index (χ1) is 22.3. The number of amides is 1. The molecular formula is C30H19Cl2F6N3O7. The van der Waals surface area contributed by atoms with Crippen molar-refractivity contribution in [2.45, 2.75) is 24.6 Å². The van der Waals surface area contributed by atoms with Crippen molar-refractivity contribution in [2.24, 2.45) is 5.73 Å². The summed E-state index contributed by atoms with van der Waals surface area (Å²) in [5, 5.41) is 17.8. The van der Waals surface area contributed by atoms with E-state index in [4.69, 9.17) is 48.6 Å². The first kappa shape index (κ1) is 35.6. The number of carboxylic acid groups (broad SMARTS) is 2. The fraction of sp³-hybridized carbons (Fsp3) is 0.133. The molecule has 2 aliphatic heterocycles. The predicted molar refractivity (Wildman–Crippen MR) is 161 cm³/mol. The van der Waals surface area contributed by atoms with Crippen LogP contribution in [-0.4, -0.2) is 62.2 Å². The molecular weight excluding hydrogens is 699 g/mol. The van der Waals surface area contributed by atoms with E-state index in [1.54, 1.807) is 35.6 Å². The van der Waals surface area contributed by atoms with Gasteiger partial charge >= 0.3 is 24.3 Å². The molecule has 18 heteroatoms. The van der Waals surface area contributed by atoms with Gasteiger partial charge in [0.2, 0.25) is 18.1 Å². The predicted octanol–water partition coefficient (Wildman–Crippen LogP) is 6.59. The molecule has 3 aromatic rings. The fourth-order valence-electron chi connectivity index (χ4n) is 4.32. The highest BCUT2D eigenvalue weighted by atomic mass is 35.5. The van der Waals surface area contributed by atoms with Gasteiger partial charge in [-0.2, -0.15) is 26.3 Å². The molecule has 2 unspecified atom stereocenters. The average Bonchev–Trinajstić information content (AvgIpc) is 3.51. The number of aromatic nitrogens is 2. The molecule has 0 bridgehead atoms. The number of carboxylic acids is 2. The van der Waals surface area contributed by atoms with Crippen molar-refractivity contribution in [2.75, 3.05) is 0 Å². The van der Waals surface area contributed by atoms with Gasteiger partial charge in [-0.15, -0.1) is 0 Å². The number of halogens is 8. The molecule has 1 aromatic heterocycles. The van der Waals surface area contributed by atoms with E-state index < -0.39 is 53.6 Å². The first-order valence-corrected chi connectivity index (χ1v) is 13.8. The van der Waals surface area contributed by atoms with Crippen LogP contribution in [0.3, 0.4) is 0 Å². The Bertz CT molecular complexity index is 1880. The molecule has 2 aromatic carbocycles. The summed E-state index contributed by atoms with van der Waals surface area (Å²) in [6.07, 6.45) is -2.73. The lowest BCUT2D eigenvalue weighted by molar-refractivity contribution is -0.187. The molecule has 0 aliphatic carbocycles. The van der Waals surface area contributed by atoms with E-state index in [0.717, 1.165) is 18.2 Å². The Balaban J connectivity index is 0.000000218. The third kappa shape index (κ3) is 8.38. The molecule has 48 heavy (non-hydrogen) atoms. The summed E-state index contributed by atoms with van der Waals surface area (Å²) in [6, 6.07) is 5.52. The van der Waals surface area contributed by atoms with Crippen LogP contribution < -0.4 is 15.2 Å². The van der Waals surface area contributed by atoms with E-state index in [9.17, 15) is 40.7 Å². The number of primary amides is 1. The Labute approximate surface area is 275 Å². The van der Waals surface area contributed by atoms with Crippen molar-refractivity contribution in [3.05, 3.63) is 92.5 Å². The number of benzene rings is 2. The summed E-state index contributed by atoms with van der Waals surface area (Å²) >= 11 is 11.9. The number of nitrogens with zero attached hydrogens (tertiary/aromatic N) is 2. The summed E-state index contributed by atoms with van der Waals surface area (Å²) in [7, 11) is 0. The number of hydrogen-bond acceptors (Lipinski definition) is 6. The SMILES string of the molecule is NC(=O)/C=C/c1cc(Cl)c2c(c1)C=C(C(=O)O)C(C(F)(F)F)O2.O=C(O)C1=Cc2cc(/C=C/n3ccnc3)cc(Cl)c2OC1C(F)(F)F. The number of carbonyl (C=O) groups is 3. The minimum atomic E-state index is -4.91. The van der Waals surface area contributed by atoms with Gasteiger partial charge in [-0.25, -0.2) is 14.6 Å². The standard InChI is InChI=1S/C16H10ClF3N2O3.C14H9ClF3NO4/c17-12-6-9(1-3-22-4-2-21-8-22)5-10-7-11(15(23)24)14(16(18,19)20)25-13(10)12;15-9-4-6(1-2-10(19)20)3-7-5-8(13(21)22)12(14(16,17)18)23-11(7)9/h1-8,14H,(H,23,24);1-5,12H,(H2,19,20)(H,21,22)/b3-1+;2-1+. The van der Waals surface area contributed by atoms with Gasteiger partial charge in [0.25, 0.3) is 0 Å². The highest BCUT2D eigenvalue weighted by Crippen LogP contribution is 2.43. The zero-order valence-electron chi connectivity index (χ0n) is 23.6. The fourth-order valence-corrected chi connectivity index (χ4v) is 4.88. The monoisotopic (exact) mass is 717 g/mol. The van der Waals surface area contributed by atoms with Crippen LogP contribution >= 0.6 is 23.2 Å². The molecule has 252 valence electrons. The van der Waals surface area contributed by atoms with Crippen LogP contribution in [-0.2, 0) is 14.4 Å². The van der Waals surface area contributed by atoms with Crippen LogP contribution in [0.1, 0.15) is 22.3 Å². The zero-order chi connectivity index (χ0) is 35.6. The Morgan fingerprint density at radius 1 is 0.812 bits per heavy atom. The topological polar surface area (TPSA) is 154 Å². The van der Waals surface area contributed by atoms with Gasteiger partial charge in [0.1, 0.15) is 11.5 Å².